The second kappa shape index (κ2) is 10.1. The van der Waals surface area contributed by atoms with E-state index in [4.69, 9.17) is 0 Å². The Morgan fingerprint density at radius 1 is 1.04 bits per heavy atom. The summed E-state index contributed by atoms with van der Waals surface area (Å²) in [5.41, 5.74) is 3.54. The lowest BCUT2D eigenvalue weighted by Gasteiger charge is -2.13. The van der Waals surface area contributed by atoms with Crippen LogP contribution in [0.4, 0.5) is 0 Å². The highest BCUT2D eigenvalue weighted by molar-refractivity contribution is 14.0. The Kier molecular flexibility index (Phi) is 7.83. The second-order valence-corrected chi connectivity index (χ2v) is 5.77. The van der Waals surface area contributed by atoms with Gasteiger partial charge in [-0.05, 0) is 29.7 Å². The third-order valence-corrected chi connectivity index (χ3v) is 4.19. The topological polar surface area (TPSA) is 66.6 Å². The van der Waals surface area contributed by atoms with Crippen LogP contribution in [-0.4, -0.2) is 34.2 Å². The summed E-state index contributed by atoms with van der Waals surface area (Å²) in [5, 5.41) is 15.1. The maximum Gasteiger partial charge on any atom is 0.191 e. The summed E-state index contributed by atoms with van der Waals surface area (Å²) in [4.78, 5) is 4.29. The lowest BCUT2D eigenvalue weighted by Crippen LogP contribution is -2.38. The highest BCUT2D eigenvalue weighted by Crippen LogP contribution is 2.08. The predicted molar refractivity (Wildman–Crippen MR) is 116 cm³/mol. The minimum atomic E-state index is 0. The van der Waals surface area contributed by atoms with Crippen molar-refractivity contribution < 1.29 is 0 Å². The SMILES string of the molecule is CCc1ccccc1CNC(=NC)NCCc1nnc2ccccn12.I. The van der Waals surface area contributed by atoms with Crippen molar-refractivity contribution in [3.63, 3.8) is 0 Å². The van der Waals surface area contributed by atoms with Gasteiger partial charge in [0.15, 0.2) is 11.6 Å². The van der Waals surface area contributed by atoms with Crippen LogP contribution in [0.25, 0.3) is 5.65 Å². The second-order valence-electron chi connectivity index (χ2n) is 5.77. The Morgan fingerprint density at radius 3 is 2.58 bits per heavy atom. The molecule has 0 saturated carbocycles. The third kappa shape index (κ3) is 4.94. The number of nitrogens with one attached hydrogen (secondary N) is 2. The fourth-order valence-electron chi connectivity index (χ4n) is 2.83. The largest absolute Gasteiger partial charge is 0.356 e. The van der Waals surface area contributed by atoms with E-state index in [1.807, 2.05) is 28.8 Å². The van der Waals surface area contributed by atoms with Crippen molar-refractivity contribution in [2.24, 2.45) is 4.99 Å². The zero-order valence-electron chi connectivity index (χ0n) is 15.1. The Labute approximate surface area is 171 Å². The summed E-state index contributed by atoms with van der Waals surface area (Å²) >= 11 is 0. The first-order valence-corrected chi connectivity index (χ1v) is 8.61. The van der Waals surface area contributed by atoms with Gasteiger partial charge in [-0.3, -0.25) is 9.39 Å². The van der Waals surface area contributed by atoms with Crippen molar-refractivity contribution in [2.45, 2.75) is 26.3 Å². The molecule has 0 fully saturated rings. The van der Waals surface area contributed by atoms with E-state index in [0.717, 1.165) is 43.4 Å². The molecule has 0 amide bonds. The van der Waals surface area contributed by atoms with Crippen LogP contribution < -0.4 is 10.6 Å². The molecule has 0 radical (unpaired) electrons. The molecule has 3 aromatic rings. The van der Waals surface area contributed by atoms with Crippen molar-refractivity contribution in [1.82, 2.24) is 25.2 Å². The number of fused-ring (bicyclic) bond motifs is 1. The number of aliphatic imine (C=N–C) groups is 1. The van der Waals surface area contributed by atoms with Gasteiger partial charge < -0.3 is 10.6 Å². The van der Waals surface area contributed by atoms with Gasteiger partial charge in [0.1, 0.15) is 5.82 Å². The first-order chi connectivity index (χ1) is 12.3. The van der Waals surface area contributed by atoms with E-state index in [-0.39, 0.29) is 24.0 Å². The summed E-state index contributed by atoms with van der Waals surface area (Å²) in [6.45, 7) is 3.68. The number of nitrogens with zero attached hydrogens (tertiary/aromatic N) is 4. The number of aromatic nitrogens is 3. The molecule has 7 heteroatoms. The van der Waals surface area contributed by atoms with Gasteiger partial charge in [-0.25, -0.2) is 0 Å². The van der Waals surface area contributed by atoms with Gasteiger partial charge in [-0.15, -0.1) is 34.2 Å². The Balaban J connectivity index is 0.00000243. The summed E-state index contributed by atoms with van der Waals surface area (Å²) in [6, 6.07) is 14.4. The van der Waals surface area contributed by atoms with Crippen LogP contribution in [0.1, 0.15) is 23.9 Å². The van der Waals surface area contributed by atoms with Crippen LogP contribution in [0, 0.1) is 0 Å². The van der Waals surface area contributed by atoms with Gasteiger partial charge in [0.05, 0.1) is 0 Å². The first kappa shape index (κ1) is 20.2. The van der Waals surface area contributed by atoms with E-state index < -0.39 is 0 Å². The van der Waals surface area contributed by atoms with Crippen LogP contribution in [0.15, 0.2) is 53.7 Å². The molecule has 0 unspecified atom stereocenters. The Morgan fingerprint density at radius 2 is 1.81 bits per heavy atom. The number of rotatable bonds is 6. The van der Waals surface area contributed by atoms with E-state index >= 15 is 0 Å². The van der Waals surface area contributed by atoms with E-state index in [1.54, 1.807) is 7.05 Å². The van der Waals surface area contributed by atoms with Crippen molar-refractivity contribution in [1.29, 1.82) is 0 Å². The molecule has 0 bridgehead atoms. The summed E-state index contributed by atoms with van der Waals surface area (Å²) in [7, 11) is 1.79. The number of benzene rings is 1. The molecule has 0 aliphatic heterocycles. The monoisotopic (exact) mass is 464 g/mol. The molecule has 0 aliphatic carbocycles. The van der Waals surface area contributed by atoms with Crippen LogP contribution in [0.5, 0.6) is 0 Å². The van der Waals surface area contributed by atoms with Crippen LogP contribution in [-0.2, 0) is 19.4 Å². The molecule has 0 saturated heterocycles. The van der Waals surface area contributed by atoms with Crippen LogP contribution in [0.3, 0.4) is 0 Å². The Bertz CT molecular complexity index is 858. The smallest absolute Gasteiger partial charge is 0.191 e. The highest BCUT2D eigenvalue weighted by atomic mass is 127. The van der Waals surface area contributed by atoms with Gasteiger partial charge in [-0.2, -0.15) is 0 Å². The quantitative estimate of drug-likeness (QED) is 0.335. The fraction of sp³-hybridized carbons (Fsp3) is 0.316. The summed E-state index contributed by atoms with van der Waals surface area (Å²) in [5.74, 6) is 1.73. The standard InChI is InChI=1S/C19H24N6.HI/c1-3-15-8-4-5-9-16(15)14-22-19(20-2)21-12-11-18-24-23-17-10-6-7-13-25(17)18;/h4-10,13H,3,11-12,14H2,1-2H3,(H2,20,21,22);1H. The zero-order chi connectivity index (χ0) is 17.5. The minimum Gasteiger partial charge on any atom is -0.356 e. The Hall–Kier alpha value is -2.16. The molecule has 2 N–H and O–H groups in total. The predicted octanol–water partition coefficient (Wildman–Crippen LogP) is 2.82. The van der Waals surface area contributed by atoms with Gasteiger partial charge in [0.25, 0.3) is 0 Å². The maximum absolute atomic E-state index is 4.29. The number of pyridine rings is 1. The number of hydrogen-bond donors (Lipinski definition) is 2. The lowest BCUT2D eigenvalue weighted by atomic mass is 10.1. The zero-order valence-corrected chi connectivity index (χ0v) is 17.5. The number of aryl methyl sites for hydroxylation is 1. The molecule has 1 aromatic carbocycles. The lowest BCUT2D eigenvalue weighted by molar-refractivity contribution is 0.759. The summed E-state index contributed by atoms with van der Waals surface area (Å²) < 4.78 is 2.01. The maximum atomic E-state index is 4.29. The average Bonchev–Trinajstić information content (AvgIpc) is 3.08. The third-order valence-electron chi connectivity index (χ3n) is 4.19. The van der Waals surface area contributed by atoms with Crippen molar-refractivity contribution in [2.75, 3.05) is 13.6 Å². The number of halogens is 1. The van der Waals surface area contributed by atoms with E-state index in [0.29, 0.717) is 0 Å². The fourth-order valence-corrected chi connectivity index (χ4v) is 2.83. The van der Waals surface area contributed by atoms with Gasteiger partial charge in [0, 0.05) is 32.8 Å². The van der Waals surface area contributed by atoms with Crippen LogP contribution >= 0.6 is 24.0 Å². The molecular weight excluding hydrogens is 439 g/mol. The molecule has 2 heterocycles. The molecule has 138 valence electrons. The first-order valence-electron chi connectivity index (χ1n) is 8.61. The van der Waals surface area contributed by atoms with E-state index in [1.165, 1.54) is 11.1 Å². The van der Waals surface area contributed by atoms with Gasteiger partial charge in [-0.1, -0.05) is 37.3 Å². The molecule has 6 nitrogen and oxygen atoms in total. The number of guanidine groups is 1. The molecule has 26 heavy (non-hydrogen) atoms. The molecular formula is C19H25IN6. The minimum absolute atomic E-state index is 0. The average molecular weight is 464 g/mol. The van der Waals surface area contributed by atoms with Crippen molar-refractivity contribution in [3.05, 3.63) is 65.6 Å². The van der Waals surface area contributed by atoms with Crippen molar-refractivity contribution in [3.8, 4) is 0 Å². The molecule has 3 rings (SSSR count). The normalized spacial score (nSPS) is 11.2. The molecule has 0 spiro atoms. The van der Waals surface area contributed by atoms with Gasteiger partial charge in [0.2, 0.25) is 0 Å². The molecule has 0 aliphatic rings. The van der Waals surface area contributed by atoms with E-state index in [2.05, 4.69) is 57.0 Å². The molecule has 2 aromatic heterocycles. The summed E-state index contributed by atoms with van der Waals surface area (Å²) in [6.07, 6.45) is 3.79. The molecule has 0 atom stereocenters. The van der Waals surface area contributed by atoms with Crippen molar-refractivity contribution >= 4 is 35.6 Å². The highest BCUT2D eigenvalue weighted by Gasteiger charge is 2.05. The van der Waals surface area contributed by atoms with Gasteiger partial charge >= 0.3 is 0 Å². The van der Waals surface area contributed by atoms with E-state index in [9.17, 15) is 0 Å². The van der Waals surface area contributed by atoms with Crippen LogP contribution in [0.2, 0.25) is 0 Å². The number of hydrogen-bond acceptors (Lipinski definition) is 3.